The summed E-state index contributed by atoms with van der Waals surface area (Å²) in [6, 6.07) is 9.68. The molecule has 0 aromatic heterocycles. The van der Waals surface area contributed by atoms with E-state index in [0.29, 0.717) is 6.61 Å². The largest absolute Gasteiger partial charge is 0.445 e. The average Bonchev–Trinajstić information content (AvgIpc) is 2.47. The third kappa shape index (κ3) is 4.10. The van der Waals surface area contributed by atoms with E-state index in [1.807, 2.05) is 36.4 Å². The average molecular weight is 274 g/mol. The third-order valence-electron chi connectivity index (χ3n) is 3.59. The summed E-state index contributed by atoms with van der Waals surface area (Å²) >= 11 is 0. The number of alkyl carbamates (subject to hydrolysis) is 1. The molecule has 1 atom stereocenters. The van der Waals surface area contributed by atoms with Crippen LogP contribution < -0.4 is 10.6 Å². The molecule has 0 saturated carbocycles. The summed E-state index contributed by atoms with van der Waals surface area (Å²) < 4.78 is 5.29. The number of ether oxygens (including phenoxy) is 1. The van der Waals surface area contributed by atoms with Crippen LogP contribution in [0.5, 0.6) is 0 Å². The Kier molecular flexibility index (Phi) is 5.18. The zero-order valence-electron chi connectivity index (χ0n) is 11.7. The Morgan fingerprint density at radius 3 is 2.90 bits per heavy atom. The lowest BCUT2D eigenvalue weighted by Crippen LogP contribution is -2.57. The van der Waals surface area contributed by atoms with Crippen LogP contribution in [0.1, 0.15) is 24.8 Å². The molecule has 1 saturated heterocycles. The van der Waals surface area contributed by atoms with E-state index >= 15 is 0 Å². The molecule has 2 rings (SSSR count). The van der Waals surface area contributed by atoms with Gasteiger partial charge in [-0.1, -0.05) is 36.4 Å². The first-order valence-corrected chi connectivity index (χ1v) is 7.05. The molecule has 0 aliphatic carbocycles. The molecule has 0 radical (unpaired) electrons. The van der Waals surface area contributed by atoms with E-state index in [1.54, 1.807) is 0 Å². The first kappa shape index (κ1) is 14.6. The van der Waals surface area contributed by atoms with Crippen molar-refractivity contribution in [3.05, 3.63) is 48.6 Å². The summed E-state index contributed by atoms with van der Waals surface area (Å²) in [6.07, 6.45) is 4.24. The molecular formula is C16H22N2O2. The predicted octanol–water partition coefficient (Wildman–Crippen LogP) is 2.61. The first-order chi connectivity index (χ1) is 9.74. The number of hydrogen-bond acceptors (Lipinski definition) is 3. The molecule has 1 aliphatic rings. The third-order valence-corrected chi connectivity index (χ3v) is 3.59. The fourth-order valence-corrected chi connectivity index (χ4v) is 2.55. The van der Waals surface area contributed by atoms with E-state index in [-0.39, 0.29) is 11.6 Å². The van der Waals surface area contributed by atoms with Crippen LogP contribution >= 0.6 is 0 Å². The molecule has 1 aromatic carbocycles. The zero-order chi connectivity index (χ0) is 14.3. The van der Waals surface area contributed by atoms with Gasteiger partial charge in [-0.15, -0.1) is 6.58 Å². The van der Waals surface area contributed by atoms with E-state index in [0.717, 1.165) is 37.9 Å². The number of hydrogen-bond donors (Lipinski definition) is 2. The van der Waals surface area contributed by atoms with Crippen LogP contribution in [-0.2, 0) is 11.3 Å². The zero-order valence-corrected chi connectivity index (χ0v) is 11.7. The minimum atomic E-state index is -0.362. The number of benzene rings is 1. The Labute approximate surface area is 120 Å². The van der Waals surface area contributed by atoms with Gasteiger partial charge in [0.2, 0.25) is 0 Å². The van der Waals surface area contributed by atoms with Crippen molar-refractivity contribution in [2.75, 3.05) is 13.1 Å². The Morgan fingerprint density at radius 1 is 1.45 bits per heavy atom. The van der Waals surface area contributed by atoms with Gasteiger partial charge in [-0.25, -0.2) is 4.79 Å². The van der Waals surface area contributed by atoms with E-state index in [4.69, 9.17) is 4.74 Å². The summed E-state index contributed by atoms with van der Waals surface area (Å²) in [4.78, 5) is 12.0. The second kappa shape index (κ2) is 7.10. The SMILES string of the molecule is C=CCC1(NC(=O)OCc2ccccc2)CCCNC1. The molecule has 4 nitrogen and oxygen atoms in total. The predicted molar refractivity (Wildman–Crippen MR) is 79.4 cm³/mol. The molecule has 4 heteroatoms. The van der Waals surface area contributed by atoms with Crippen molar-refractivity contribution in [1.29, 1.82) is 0 Å². The van der Waals surface area contributed by atoms with Gasteiger partial charge in [-0.2, -0.15) is 0 Å². The van der Waals surface area contributed by atoms with Gasteiger partial charge in [0.1, 0.15) is 6.61 Å². The highest BCUT2D eigenvalue weighted by molar-refractivity contribution is 5.68. The van der Waals surface area contributed by atoms with Crippen LogP contribution in [0.25, 0.3) is 0 Å². The molecule has 1 heterocycles. The van der Waals surface area contributed by atoms with Crippen molar-refractivity contribution < 1.29 is 9.53 Å². The van der Waals surface area contributed by atoms with Crippen molar-refractivity contribution in [1.82, 2.24) is 10.6 Å². The highest BCUT2D eigenvalue weighted by Crippen LogP contribution is 2.21. The van der Waals surface area contributed by atoms with Crippen molar-refractivity contribution in [3.63, 3.8) is 0 Å². The second-order valence-electron chi connectivity index (χ2n) is 5.24. The Bertz CT molecular complexity index is 439. The number of nitrogens with one attached hydrogen (secondary N) is 2. The first-order valence-electron chi connectivity index (χ1n) is 7.05. The Morgan fingerprint density at radius 2 is 2.25 bits per heavy atom. The summed E-state index contributed by atoms with van der Waals surface area (Å²) in [5.74, 6) is 0. The van der Waals surface area contributed by atoms with Gasteiger partial charge in [0.15, 0.2) is 0 Å². The number of carbonyl (C=O) groups excluding carboxylic acids is 1. The molecule has 1 unspecified atom stereocenters. The number of rotatable bonds is 5. The number of piperidine rings is 1. The highest BCUT2D eigenvalue weighted by Gasteiger charge is 2.32. The molecular weight excluding hydrogens is 252 g/mol. The van der Waals surface area contributed by atoms with E-state index in [2.05, 4.69) is 17.2 Å². The molecule has 1 aromatic rings. The quantitative estimate of drug-likeness (QED) is 0.811. The minimum Gasteiger partial charge on any atom is -0.445 e. The van der Waals surface area contributed by atoms with Gasteiger partial charge in [-0.05, 0) is 31.4 Å². The maximum absolute atomic E-state index is 12.0. The maximum Gasteiger partial charge on any atom is 0.407 e. The van der Waals surface area contributed by atoms with Gasteiger partial charge in [0.05, 0.1) is 5.54 Å². The summed E-state index contributed by atoms with van der Waals surface area (Å²) in [5, 5.41) is 6.33. The lowest BCUT2D eigenvalue weighted by Gasteiger charge is -2.37. The summed E-state index contributed by atoms with van der Waals surface area (Å²) in [6.45, 7) is 5.84. The molecule has 20 heavy (non-hydrogen) atoms. The van der Waals surface area contributed by atoms with Crippen molar-refractivity contribution in [2.24, 2.45) is 0 Å². The molecule has 1 amide bonds. The summed E-state index contributed by atoms with van der Waals surface area (Å²) in [7, 11) is 0. The highest BCUT2D eigenvalue weighted by atomic mass is 16.5. The van der Waals surface area contributed by atoms with Crippen molar-refractivity contribution >= 4 is 6.09 Å². The normalized spacial score (nSPS) is 22.0. The maximum atomic E-state index is 12.0. The molecule has 108 valence electrons. The fourth-order valence-electron chi connectivity index (χ4n) is 2.55. The topological polar surface area (TPSA) is 50.4 Å². The Balaban J connectivity index is 1.86. The van der Waals surface area contributed by atoms with E-state index < -0.39 is 0 Å². The van der Waals surface area contributed by atoms with Gasteiger partial charge < -0.3 is 15.4 Å². The van der Waals surface area contributed by atoms with Gasteiger partial charge in [0.25, 0.3) is 0 Å². The smallest absolute Gasteiger partial charge is 0.407 e. The number of amides is 1. The van der Waals surface area contributed by atoms with Crippen molar-refractivity contribution in [2.45, 2.75) is 31.4 Å². The van der Waals surface area contributed by atoms with Gasteiger partial charge in [-0.3, -0.25) is 0 Å². The lowest BCUT2D eigenvalue weighted by molar-refractivity contribution is 0.120. The van der Waals surface area contributed by atoms with Crippen LogP contribution in [0.3, 0.4) is 0 Å². The minimum absolute atomic E-state index is 0.256. The lowest BCUT2D eigenvalue weighted by atomic mass is 9.87. The van der Waals surface area contributed by atoms with Gasteiger partial charge in [0, 0.05) is 6.54 Å². The Hall–Kier alpha value is -1.81. The number of carbonyl (C=O) groups is 1. The molecule has 1 aliphatic heterocycles. The molecule has 0 spiro atoms. The van der Waals surface area contributed by atoms with Gasteiger partial charge >= 0.3 is 6.09 Å². The monoisotopic (exact) mass is 274 g/mol. The molecule has 0 bridgehead atoms. The van der Waals surface area contributed by atoms with Crippen LogP contribution in [0.15, 0.2) is 43.0 Å². The van der Waals surface area contributed by atoms with Crippen LogP contribution in [0.2, 0.25) is 0 Å². The van der Waals surface area contributed by atoms with E-state index in [9.17, 15) is 4.79 Å². The fraction of sp³-hybridized carbons (Fsp3) is 0.438. The van der Waals surface area contributed by atoms with Crippen LogP contribution in [0.4, 0.5) is 4.79 Å². The van der Waals surface area contributed by atoms with E-state index in [1.165, 1.54) is 0 Å². The molecule has 1 fully saturated rings. The van der Waals surface area contributed by atoms with Crippen LogP contribution in [0, 0.1) is 0 Å². The standard InChI is InChI=1S/C16H22N2O2/c1-2-9-16(10-6-11-17-13-16)18-15(19)20-12-14-7-4-3-5-8-14/h2-5,7-8,17H,1,6,9-13H2,(H,18,19). The molecule has 2 N–H and O–H groups in total. The summed E-state index contributed by atoms with van der Waals surface area (Å²) in [5.41, 5.74) is 0.732. The van der Waals surface area contributed by atoms with Crippen molar-refractivity contribution in [3.8, 4) is 0 Å². The van der Waals surface area contributed by atoms with Crippen LogP contribution in [-0.4, -0.2) is 24.7 Å². The second-order valence-corrected chi connectivity index (χ2v) is 5.24.